The molecule has 174 valence electrons. The highest BCUT2D eigenvalue weighted by Gasteiger charge is 2.49. The summed E-state index contributed by atoms with van der Waals surface area (Å²) in [6.07, 6.45) is 5.63. The molecule has 0 radical (unpaired) electrons. The van der Waals surface area contributed by atoms with Crippen LogP contribution in [0.4, 0.5) is 13.2 Å². The molecule has 3 saturated heterocycles. The van der Waals surface area contributed by atoms with E-state index in [2.05, 4.69) is 14.9 Å². The Bertz CT molecular complexity index is 695. The smallest absolute Gasteiger partial charge is 0.477 e. The van der Waals surface area contributed by atoms with Gasteiger partial charge < -0.3 is 19.3 Å². The first kappa shape index (κ1) is 23.7. The predicted octanol–water partition coefficient (Wildman–Crippen LogP) is 2.54. The van der Waals surface area contributed by atoms with Crippen LogP contribution in [-0.2, 0) is 14.3 Å². The van der Waals surface area contributed by atoms with Gasteiger partial charge in [0.15, 0.2) is 0 Å². The molecule has 1 aromatic rings. The third-order valence-electron chi connectivity index (χ3n) is 5.84. The molecule has 3 fully saturated rings. The molecule has 4 heterocycles. The van der Waals surface area contributed by atoms with Crippen LogP contribution in [0.5, 0.6) is 5.88 Å². The quantitative estimate of drug-likeness (QED) is 0.736. The van der Waals surface area contributed by atoms with Crippen LogP contribution in [0.25, 0.3) is 0 Å². The number of hydrogen-bond donors (Lipinski definition) is 1. The minimum Gasteiger partial charge on any atom is -0.477 e. The van der Waals surface area contributed by atoms with Crippen LogP contribution < -0.4 is 4.74 Å². The maximum absolute atomic E-state index is 10.6. The Hall–Kier alpha value is -1.98. The fraction of sp³-hybridized carbons (Fsp3) is 0.750. The van der Waals surface area contributed by atoms with Crippen molar-refractivity contribution < 1.29 is 37.3 Å². The Kier molecular flexibility index (Phi) is 8.06. The molecule has 1 atom stereocenters. The van der Waals surface area contributed by atoms with Gasteiger partial charge in [-0.05, 0) is 38.0 Å². The van der Waals surface area contributed by atoms with Crippen LogP contribution in [0, 0.1) is 5.92 Å². The lowest BCUT2D eigenvalue weighted by molar-refractivity contribution is -0.195. The second-order valence-corrected chi connectivity index (χ2v) is 8.12. The van der Waals surface area contributed by atoms with E-state index in [1.807, 2.05) is 0 Å². The van der Waals surface area contributed by atoms with E-state index in [-0.39, 0.29) is 5.60 Å². The monoisotopic (exact) mass is 447 g/mol. The third-order valence-corrected chi connectivity index (χ3v) is 5.84. The minimum atomic E-state index is -5.08. The Morgan fingerprint density at radius 3 is 2.55 bits per heavy atom. The summed E-state index contributed by atoms with van der Waals surface area (Å²) in [5, 5.41) is 7.12. The molecule has 1 N–H and O–H groups in total. The number of alkyl halides is 3. The number of rotatable bonds is 5. The third kappa shape index (κ3) is 7.01. The number of nitrogens with zero attached hydrogens (tertiary/aromatic N) is 3. The maximum atomic E-state index is 10.6. The number of hydrogen-bond acceptors (Lipinski definition) is 7. The van der Waals surface area contributed by atoms with Crippen molar-refractivity contribution in [1.82, 2.24) is 14.9 Å². The molecule has 1 spiro atoms. The standard InChI is InChI=1S/C18H27N3O3.C2HF3O2/c1(9-23-17-12-19-5-6-20-17)15-2-10-24-18(11-15)13-21(14-18)16-3-7-22-8-4-16;3-2(4,5)1(6)7/h5-6,12,15-16H,1-4,7-11,13-14H2;(H,6,7). The summed E-state index contributed by atoms with van der Waals surface area (Å²) in [5.41, 5.74) is 0.105. The number of aromatic nitrogens is 2. The van der Waals surface area contributed by atoms with Gasteiger partial charge in [0.25, 0.3) is 0 Å². The number of likely N-dealkylation sites (tertiary alicyclic amines) is 1. The van der Waals surface area contributed by atoms with Crippen LogP contribution in [0.2, 0.25) is 0 Å². The Morgan fingerprint density at radius 2 is 1.94 bits per heavy atom. The van der Waals surface area contributed by atoms with E-state index in [1.54, 1.807) is 18.6 Å². The zero-order valence-corrected chi connectivity index (χ0v) is 17.2. The van der Waals surface area contributed by atoms with E-state index in [0.29, 0.717) is 24.4 Å². The zero-order chi connectivity index (χ0) is 22.3. The molecule has 11 heteroatoms. The van der Waals surface area contributed by atoms with Crippen molar-refractivity contribution in [3.8, 4) is 5.88 Å². The highest BCUT2D eigenvalue weighted by atomic mass is 19.4. The first-order valence-corrected chi connectivity index (χ1v) is 10.4. The van der Waals surface area contributed by atoms with Gasteiger partial charge in [0, 0.05) is 51.3 Å². The first-order chi connectivity index (χ1) is 14.8. The molecule has 0 saturated carbocycles. The zero-order valence-electron chi connectivity index (χ0n) is 17.2. The second-order valence-electron chi connectivity index (χ2n) is 8.12. The fourth-order valence-electron chi connectivity index (χ4n) is 4.29. The average Bonchev–Trinajstić information content (AvgIpc) is 2.73. The summed E-state index contributed by atoms with van der Waals surface area (Å²) in [6.45, 7) is 5.62. The number of ether oxygens (including phenoxy) is 3. The first-order valence-electron chi connectivity index (χ1n) is 10.4. The van der Waals surface area contributed by atoms with Crippen molar-refractivity contribution in [1.29, 1.82) is 0 Å². The summed E-state index contributed by atoms with van der Waals surface area (Å²) in [6, 6.07) is 0.702. The number of carbonyl (C=O) groups is 1. The van der Waals surface area contributed by atoms with Crippen molar-refractivity contribution in [3.63, 3.8) is 0 Å². The molecule has 8 nitrogen and oxygen atoms in total. The van der Waals surface area contributed by atoms with Crippen molar-refractivity contribution in [2.24, 2.45) is 5.92 Å². The Morgan fingerprint density at radius 1 is 1.23 bits per heavy atom. The van der Waals surface area contributed by atoms with Crippen molar-refractivity contribution in [2.45, 2.75) is 49.9 Å². The summed E-state index contributed by atoms with van der Waals surface area (Å²) in [4.78, 5) is 19.7. The van der Waals surface area contributed by atoms with Crippen LogP contribution >= 0.6 is 0 Å². The maximum Gasteiger partial charge on any atom is 0.490 e. The molecule has 1 unspecified atom stereocenters. The van der Waals surface area contributed by atoms with Gasteiger partial charge >= 0.3 is 12.1 Å². The van der Waals surface area contributed by atoms with E-state index in [4.69, 9.17) is 24.1 Å². The number of carboxylic acid groups (broad SMARTS) is 1. The van der Waals surface area contributed by atoms with E-state index in [0.717, 1.165) is 52.2 Å². The molecule has 0 aromatic carbocycles. The highest BCUT2D eigenvalue weighted by Crippen LogP contribution is 2.40. The van der Waals surface area contributed by atoms with Gasteiger partial charge in [0.2, 0.25) is 5.88 Å². The summed E-state index contributed by atoms with van der Waals surface area (Å²) >= 11 is 0. The normalized spacial score (nSPS) is 24.0. The predicted molar refractivity (Wildman–Crippen MR) is 103 cm³/mol. The molecule has 0 aliphatic carbocycles. The number of carboxylic acids is 1. The minimum absolute atomic E-state index is 0.105. The van der Waals surface area contributed by atoms with E-state index in [9.17, 15) is 13.2 Å². The molecular weight excluding hydrogens is 419 g/mol. The van der Waals surface area contributed by atoms with E-state index >= 15 is 0 Å². The van der Waals surface area contributed by atoms with Gasteiger partial charge in [0.1, 0.15) is 0 Å². The lowest BCUT2D eigenvalue weighted by Crippen LogP contribution is -2.68. The lowest BCUT2D eigenvalue weighted by Gasteiger charge is -2.56. The van der Waals surface area contributed by atoms with Crippen LogP contribution in [0.1, 0.15) is 32.1 Å². The highest BCUT2D eigenvalue weighted by molar-refractivity contribution is 5.73. The number of halogens is 3. The molecule has 1 aromatic heterocycles. The van der Waals surface area contributed by atoms with Crippen molar-refractivity contribution >= 4 is 5.97 Å². The van der Waals surface area contributed by atoms with Crippen LogP contribution in [0.15, 0.2) is 18.6 Å². The van der Waals surface area contributed by atoms with E-state index in [1.165, 1.54) is 12.8 Å². The fourth-order valence-corrected chi connectivity index (χ4v) is 4.29. The van der Waals surface area contributed by atoms with Gasteiger partial charge in [-0.1, -0.05) is 0 Å². The topological polar surface area (TPSA) is 94.0 Å². The van der Waals surface area contributed by atoms with Gasteiger partial charge in [-0.2, -0.15) is 13.2 Å². The summed E-state index contributed by atoms with van der Waals surface area (Å²) in [5.74, 6) is -1.45. The second kappa shape index (κ2) is 10.6. The lowest BCUT2D eigenvalue weighted by atomic mass is 9.78. The SMILES string of the molecule is O=C(O)C(F)(F)F.c1cnc(OCCC2CCOC3(C2)CN(C2CCOCC2)C3)cn1. The molecule has 3 aliphatic rings. The van der Waals surface area contributed by atoms with Gasteiger partial charge in [-0.25, -0.2) is 9.78 Å². The molecule has 3 aliphatic heterocycles. The molecule has 4 rings (SSSR count). The summed E-state index contributed by atoms with van der Waals surface area (Å²) in [7, 11) is 0. The molecule has 0 bridgehead atoms. The van der Waals surface area contributed by atoms with Gasteiger partial charge in [-0.15, -0.1) is 0 Å². The van der Waals surface area contributed by atoms with Gasteiger partial charge in [-0.3, -0.25) is 9.88 Å². The summed E-state index contributed by atoms with van der Waals surface area (Å²) < 4.78 is 49.1. The van der Waals surface area contributed by atoms with Crippen LogP contribution in [-0.4, -0.2) is 83.3 Å². The number of aliphatic carboxylic acids is 1. The molecule has 0 amide bonds. The average molecular weight is 447 g/mol. The Labute approximate surface area is 178 Å². The van der Waals surface area contributed by atoms with Crippen molar-refractivity contribution in [2.75, 3.05) is 39.5 Å². The molecular formula is C20H28F3N3O5. The van der Waals surface area contributed by atoms with Crippen LogP contribution in [0.3, 0.4) is 0 Å². The van der Waals surface area contributed by atoms with E-state index < -0.39 is 12.1 Å². The Balaban J connectivity index is 0.000000339. The largest absolute Gasteiger partial charge is 0.490 e. The molecule has 31 heavy (non-hydrogen) atoms. The van der Waals surface area contributed by atoms with Crippen molar-refractivity contribution in [3.05, 3.63) is 18.6 Å². The van der Waals surface area contributed by atoms with Gasteiger partial charge in [0.05, 0.1) is 18.4 Å².